The Balaban J connectivity index is -0.000000230. The molecule has 0 bridgehead atoms. The van der Waals surface area contributed by atoms with Gasteiger partial charge in [0, 0.05) is 6.08 Å². The van der Waals surface area contributed by atoms with E-state index >= 15 is 0 Å². The van der Waals surface area contributed by atoms with E-state index in [1.54, 1.807) is 13.8 Å². The third kappa shape index (κ3) is 43.4. The standard InChI is InChI=1S/C6H14O3.C4H6O2.H3O4P/c1-5(8)4-9-6(2)3-7;1-3-4(5)6-2;1-5(2,3)4/h5-8H,3-4H2,1-2H3;3H,1H2,2H3;(H3,1,2,3,4). The lowest BCUT2D eigenvalue weighted by Gasteiger charge is -2.10. The molecule has 0 rings (SSSR count). The molecule has 2 atom stereocenters. The number of methoxy groups -OCH3 is 1. The number of carbonyl (C=O) groups excluding carboxylic acids is 1. The number of aliphatic hydroxyl groups excluding tert-OH is 2. The molecule has 0 aliphatic heterocycles. The van der Waals surface area contributed by atoms with Gasteiger partial charge >= 0.3 is 13.8 Å². The number of esters is 1. The van der Waals surface area contributed by atoms with E-state index in [9.17, 15) is 4.79 Å². The first-order chi connectivity index (χ1) is 8.97. The van der Waals surface area contributed by atoms with Gasteiger partial charge in [0.1, 0.15) is 0 Å². The summed E-state index contributed by atoms with van der Waals surface area (Å²) in [4.78, 5) is 31.4. The van der Waals surface area contributed by atoms with Crippen LogP contribution in [0.15, 0.2) is 12.7 Å². The molecule has 0 fully saturated rings. The average molecular weight is 318 g/mol. The predicted molar refractivity (Wildman–Crippen MR) is 70.7 cm³/mol. The second-order valence-electron chi connectivity index (χ2n) is 3.42. The van der Waals surface area contributed by atoms with Gasteiger partial charge in [0.2, 0.25) is 0 Å². The highest BCUT2D eigenvalue weighted by Crippen LogP contribution is 2.25. The van der Waals surface area contributed by atoms with Crippen molar-refractivity contribution in [1.29, 1.82) is 0 Å². The molecule has 0 spiro atoms. The summed E-state index contributed by atoms with van der Waals surface area (Å²) in [5.74, 6) is -0.394. The van der Waals surface area contributed by atoms with Crippen LogP contribution in [-0.4, -0.2) is 63.4 Å². The Bertz CT molecular complexity index is 278. The average Bonchev–Trinajstić information content (AvgIpc) is 2.33. The summed E-state index contributed by atoms with van der Waals surface area (Å²) in [6.07, 6.45) is 0.499. The van der Waals surface area contributed by atoms with Crippen molar-refractivity contribution in [3.8, 4) is 0 Å². The van der Waals surface area contributed by atoms with Crippen LogP contribution in [0.4, 0.5) is 0 Å². The van der Waals surface area contributed by atoms with Crippen molar-refractivity contribution in [2.45, 2.75) is 26.1 Å². The van der Waals surface area contributed by atoms with Gasteiger partial charge in [-0.05, 0) is 13.8 Å². The Labute approximate surface area is 117 Å². The van der Waals surface area contributed by atoms with Crippen LogP contribution in [0.2, 0.25) is 0 Å². The maximum Gasteiger partial charge on any atom is 0.466 e. The van der Waals surface area contributed by atoms with Crippen LogP contribution in [0.3, 0.4) is 0 Å². The number of hydrogen-bond donors (Lipinski definition) is 5. The van der Waals surface area contributed by atoms with Crippen molar-refractivity contribution < 1.29 is 43.7 Å². The van der Waals surface area contributed by atoms with Gasteiger partial charge in [0.15, 0.2) is 0 Å². The van der Waals surface area contributed by atoms with Crippen molar-refractivity contribution in [3.63, 3.8) is 0 Å². The molecule has 0 aromatic rings. The van der Waals surface area contributed by atoms with Gasteiger partial charge in [-0.1, -0.05) is 6.58 Å². The van der Waals surface area contributed by atoms with E-state index in [2.05, 4.69) is 11.3 Å². The third-order valence-electron chi connectivity index (χ3n) is 1.25. The molecule has 122 valence electrons. The highest BCUT2D eigenvalue weighted by Gasteiger charge is 2.01. The topological polar surface area (TPSA) is 154 Å². The summed E-state index contributed by atoms with van der Waals surface area (Å²) < 4.78 is 18.0. The number of hydrogen-bond acceptors (Lipinski definition) is 6. The third-order valence-corrected chi connectivity index (χ3v) is 1.25. The van der Waals surface area contributed by atoms with Crippen molar-refractivity contribution in [2.24, 2.45) is 0 Å². The number of aliphatic hydroxyl groups is 2. The summed E-state index contributed by atoms with van der Waals surface area (Å²) in [5, 5.41) is 17.1. The number of carbonyl (C=O) groups is 1. The quantitative estimate of drug-likeness (QED) is 0.248. The van der Waals surface area contributed by atoms with Crippen molar-refractivity contribution in [3.05, 3.63) is 12.7 Å². The smallest absolute Gasteiger partial charge is 0.466 e. The van der Waals surface area contributed by atoms with Crippen LogP contribution in [-0.2, 0) is 18.8 Å². The molecular weight excluding hydrogens is 295 g/mol. The number of phosphoric acid groups is 1. The normalized spacial score (nSPS) is 12.8. The Kier molecular flexibility index (Phi) is 17.7. The predicted octanol–water partition coefficient (Wildman–Crippen LogP) is -0.819. The van der Waals surface area contributed by atoms with Crippen molar-refractivity contribution in [1.82, 2.24) is 0 Å². The zero-order valence-corrected chi connectivity index (χ0v) is 12.6. The van der Waals surface area contributed by atoms with Crippen LogP contribution in [0, 0.1) is 0 Å². The fraction of sp³-hybridized carbons (Fsp3) is 0.700. The molecule has 0 amide bonds. The van der Waals surface area contributed by atoms with E-state index in [0.717, 1.165) is 6.08 Å². The second kappa shape index (κ2) is 14.6. The van der Waals surface area contributed by atoms with Crippen molar-refractivity contribution in [2.75, 3.05) is 20.3 Å². The summed E-state index contributed by atoms with van der Waals surface area (Å²) in [7, 11) is -3.33. The lowest BCUT2D eigenvalue weighted by Crippen LogP contribution is -2.19. The maximum absolute atomic E-state index is 9.84. The van der Waals surface area contributed by atoms with Crippen molar-refractivity contribution >= 4 is 13.8 Å². The minimum absolute atomic E-state index is 0.00667. The molecule has 10 heteroatoms. The zero-order chi connectivity index (χ0) is 16.8. The second-order valence-corrected chi connectivity index (χ2v) is 4.44. The lowest BCUT2D eigenvalue weighted by molar-refractivity contribution is -0.134. The molecule has 9 nitrogen and oxygen atoms in total. The Morgan fingerprint density at radius 3 is 1.90 bits per heavy atom. The van der Waals surface area contributed by atoms with E-state index in [1.165, 1.54) is 7.11 Å². The van der Waals surface area contributed by atoms with Gasteiger partial charge in [-0.3, -0.25) is 0 Å². The molecule has 0 aliphatic carbocycles. The first kappa shape index (κ1) is 24.2. The highest BCUT2D eigenvalue weighted by atomic mass is 31.2. The summed E-state index contributed by atoms with van der Waals surface area (Å²) in [6.45, 7) is 6.85. The van der Waals surface area contributed by atoms with E-state index in [0.29, 0.717) is 6.61 Å². The van der Waals surface area contributed by atoms with Gasteiger partial charge < -0.3 is 34.4 Å². The largest absolute Gasteiger partial charge is 0.466 e. The van der Waals surface area contributed by atoms with Crippen LogP contribution in [0.25, 0.3) is 0 Å². The number of ether oxygens (including phenoxy) is 2. The maximum atomic E-state index is 9.84. The molecule has 0 saturated heterocycles. The van der Waals surface area contributed by atoms with Gasteiger partial charge in [-0.15, -0.1) is 0 Å². The zero-order valence-electron chi connectivity index (χ0n) is 11.7. The van der Waals surface area contributed by atoms with E-state index < -0.39 is 19.9 Å². The van der Waals surface area contributed by atoms with Gasteiger partial charge in [-0.25, -0.2) is 9.36 Å². The van der Waals surface area contributed by atoms with Crippen LogP contribution in [0.1, 0.15) is 13.8 Å². The minimum atomic E-state index is -4.64. The molecule has 0 radical (unpaired) electrons. The molecule has 0 saturated carbocycles. The van der Waals surface area contributed by atoms with E-state index in [4.69, 9.17) is 34.2 Å². The Morgan fingerprint density at radius 1 is 1.35 bits per heavy atom. The Hall–Kier alpha value is -0.800. The Morgan fingerprint density at radius 2 is 1.75 bits per heavy atom. The fourth-order valence-electron chi connectivity index (χ4n) is 0.440. The first-order valence-electron chi connectivity index (χ1n) is 5.37. The van der Waals surface area contributed by atoms with Gasteiger partial charge in [0.25, 0.3) is 0 Å². The summed E-state index contributed by atoms with van der Waals surface area (Å²) in [6, 6.07) is 0. The summed E-state index contributed by atoms with van der Waals surface area (Å²) >= 11 is 0. The molecule has 0 aromatic carbocycles. The minimum Gasteiger partial charge on any atom is -0.466 e. The lowest BCUT2D eigenvalue weighted by atomic mass is 10.4. The van der Waals surface area contributed by atoms with Crippen LogP contribution < -0.4 is 0 Å². The summed E-state index contributed by atoms with van der Waals surface area (Å²) in [5.41, 5.74) is 0. The molecule has 0 heterocycles. The van der Waals surface area contributed by atoms with E-state index in [-0.39, 0.29) is 12.7 Å². The first-order valence-corrected chi connectivity index (χ1v) is 6.93. The fourth-order valence-corrected chi connectivity index (χ4v) is 0.440. The molecule has 0 aromatic heterocycles. The van der Waals surface area contributed by atoms with Gasteiger partial charge in [-0.2, -0.15) is 0 Å². The molecule has 5 N–H and O–H groups in total. The SMILES string of the molecule is C=CC(=O)OC.CC(O)COC(C)CO.O=P(O)(O)O. The van der Waals surface area contributed by atoms with Gasteiger partial charge in [0.05, 0.1) is 32.5 Å². The molecule has 0 aliphatic rings. The molecular formula is C10H23O9P. The monoisotopic (exact) mass is 318 g/mol. The van der Waals surface area contributed by atoms with Crippen LogP contribution in [0.5, 0.6) is 0 Å². The molecule has 2 unspecified atom stereocenters. The molecule has 20 heavy (non-hydrogen) atoms. The van der Waals surface area contributed by atoms with E-state index in [1.807, 2.05) is 0 Å². The van der Waals surface area contributed by atoms with Crippen LogP contribution >= 0.6 is 7.82 Å². The number of rotatable bonds is 5. The highest BCUT2D eigenvalue weighted by molar-refractivity contribution is 7.45.